The van der Waals surface area contributed by atoms with E-state index in [0.717, 1.165) is 33.9 Å². The second-order valence-electron chi connectivity index (χ2n) is 7.06. The fourth-order valence-corrected chi connectivity index (χ4v) is 4.12. The van der Waals surface area contributed by atoms with Gasteiger partial charge >= 0.3 is 5.97 Å². The Bertz CT molecular complexity index is 1430. The third-order valence-electron chi connectivity index (χ3n) is 5.01. The number of aromatic nitrogens is 3. The third kappa shape index (κ3) is 3.69. The molecule has 0 N–H and O–H groups in total. The molecule has 2 aromatic carbocycles. The van der Waals surface area contributed by atoms with Crippen molar-refractivity contribution in [3.05, 3.63) is 78.8 Å². The Hall–Kier alpha value is -3.78. The molecule has 3 heterocycles. The minimum absolute atomic E-state index is 0.400. The van der Waals surface area contributed by atoms with Gasteiger partial charge in [-0.3, -0.25) is 0 Å². The standard InChI is InChI=1S/C24H19N3O4S/c1-3-11-32-24-26-19-12-15(7-9-21(19)31-24)22-25-18-13-16(23(28)29-2)6-8-20(18)27(22)14-17-5-4-10-30-17/h3-10,12-13H,1,11,14H2,2H3. The van der Waals surface area contributed by atoms with Crippen LogP contribution in [0.15, 0.2) is 81.5 Å². The molecule has 3 aromatic heterocycles. The van der Waals surface area contributed by atoms with Gasteiger partial charge in [0.2, 0.25) is 0 Å². The summed E-state index contributed by atoms with van der Waals surface area (Å²) in [5, 5.41) is 0.601. The van der Waals surface area contributed by atoms with E-state index in [1.165, 1.54) is 18.9 Å². The topological polar surface area (TPSA) is 83.3 Å². The van der Waals surface area contributed by atoms with Crippen molar-refractivity contribution in [3.8, 4) is 11.4 Å². The summed E-state index contributed by atoms with van der Waals surface area (Å²) in [6, 6.07) is 14.9. The maximum Gasteiger partial charge on any atom is 0.337 e. The number of rotatable bonds is 7. The lowest BCUT2D eigenvalue weighted by atomic mass is 10.2. The monoisotopic (exact) mass is 445 g/mol. The van der Waals surface area contributed by atoms with E-state index in [1.54, 1.807) is 18.4 Å². The number of carbonyl (C=O) groups is 1. The van der Waals surface area contributed by atoms with Crippen molar-refractivity contribution >= 4 is 39.9 Å². The van der Waals surface area contributed by atoms with Crippen molar-refractivity contribution in [3.63, 3.8) is 0 Å². The number of carbonyl (C=O) groups excluding carboxylic acids is 1. The van der Waals surface area contributed by atoms with Crippen LogP contribution in [0, 0.1) is 0 Å². The van der Waals surface area contributed by atoms with E-state index in [2.05, 4.69) is 16.1 Å². The Morgan fingerprint density at radius 3 is 2.88 bits per heavy atom. The van der Waals surface area contributed by atoms with Gasteiger partial charge < -0.3 is 18.1 Å². The van der Waals surface area contributed by atoms with Crippen molar-refractivity contribution < 1.29 is 18.4 Å². The number of esters is 1. The van der Waals surface area contributed by atoms with Gasteiger partial charge in [0, 0.05) is 11.3 Å². The first-order chi connectivity index (χ1) is 15.7. The summed E-state index contributed by atoms with van der Waals surface area (Å²) in [7, 11) is 1.36. The van der Waals surface area contributed by atoms with Crippen LogP contribution in [0.5, 0.6) is 0 Å². The minimum Gasteiger partial charge on any atom is -0.467 e. The molecule has 32 heavy (non-hydrogen) atoms. The second kappa shape index (κ2) is 8.39. The molecule has 0 atom stereocenters. The van der Waals surface area contributed by atoms with Crippen LogP contribution in [-0.2, 0) is 11.3 Å². The number of thioether (sulfide) groups is 1. The summed E-state index contributed by atoms with van der Waals surface area (Å²) in [6.45, 7) is 4.22. The van der Waals surface area contributed by atoms with Gasteiger partial charge in [-0.05, 0) is 48.5 Å². The van der Waals surface area contributed by atoms with Gasteiger partial charge in [0.15, 0.2) is 5.58 Å². The van der Waals surface area contributed by atoms with Gasteiger partial charge in [-0.1, -0.05) is 17.8 Å². The van der Waals surface area contributed by atoms with Crippen molar-refractivity contribution in [2.45, 2.75) is 11.8 Å². The van der Waals surface area contributed by atoms with E-state index in [4.69, 9.17) is 18.6 Å². The summed E-state index contributed by atoms with van der Waals surface area (Å²) in [5.41, 5.74) is 4.37. The van der Waals surface area contributed by atoms with Crippen molar-refractivity contribution in [2.75, 3.05) is 12.9 Å². The van der Waals surface area contributed by atoms with Gasteiger partial charge in [-0.2, -0.15) is 0 Å². The lowest BCUT2D eigenvalue weighted by molar-refractivity contribution is 0.0601. The summed E-state index contributed by atoms with van der Waals surface area (Å²) in [4.78, 5) is 21.4. The van der Waals surface area contributed by atoms with Crippen LogP contribution in [0.25, 0.3) is 33.5 Å². The van der Waals surface area contributed by atoms with Gasteiger partial charge in [0.25, 0.3) is 5.22 Å². The molecule has 5 aromatic rings. The number of benzene rings is 2. The number of nitrogens with zero attached hydrogens (tertiary/aromatic N) is 3. The molecule has 160 valence electrons. The van der Waals surface area contributed by atoms with Gasteiger partial charge in [-0.15, -0.1) is 6.58 Å². The number of methoxy groups -OCH3 is 1. The number of hydrogen-bond acceptors (Lipinski definition) is 7. The lowest BCUT2D eigenvalue weighted by Crippen LogP contribution is -2.02. The van der Waals surface area contributed by atoms with Gasteiger partial charge in [0.05, 0.1) is 36.5 Å². The summed E-state index contributed by atoms with van der Waals surface area (Å²) in [6.07, 6.45) is 3.46. The first-order valence-corrected chi connectivity index (χ1v) is 10.9. The largest absolute Gasteiger partial charge is 0.467 e. The molecule has 0 aliphatic heterocycles. The first kappa shape index (κ1) is 20.1. The van der Waals surface area contributed by atoms with Crippen molar-refractivity contribution in [2.24, 2.45) is 0 Å². The zero-order valence-electron chi connectivity index (χ0n) is 17.3. The smallest absolute Gasteiger partial charge is 0.337 e. The molecule has 8 heteroatoms. The predicted molar refractivity (Wildman–Crippen MR) is 123 cm³/mol. The molecule has 0 bridgehead atoms. The zero-order valence-corrected chi connectivity index (χ0v) is 18.1. The van der Waals surface area contributed by atoms with Crippen LogP contribution < -0.4 is 0 Å². The highest BCUT2D eigenvalue weighted by Gasteiger charge is 2.17. The molecular formula is C24H19N3O4S. The molecule has 7 nitrogen and oxygen atoms in total. The molecule has 0 aliphatic rings. The number of hydrogen-bond donors (Lipinski definition) is 0. The molecule has 0 saturated heterocycles. The Morgan fingerprint density at radius 2 is 2.09 bits per heavy atom. The highest BCUT2D eigenvalue weighted by molar-refractivity contribution is 7.99. The van der Waals surface area contributed by atoms with Crippen LogP contribution in [0.4, 0.5) is 0 Å². The molecule has 0 unspecified atom stereocenters. The minimum atomic E-state index is -0.400. The van der Waals surface area contributed by atoms with E-state index in [0.29, 0.717) is 28.4 Å². The number of ether oxygens (including phenoxy) is 1. The highest BCUT2D eigenvalue weighted by Crippen LogP contribution is 2.31. The van der Waals surface area contributed by atoms with Crippen LogP contribution >= 0.6 is 11.8 Å². The number of oxazole rings is 1. The van der Waals surface area contributed by atoms with Crippen LogP contribution in [0.2, 0.25) is 0 Å². The molecular weight excluding hydrogens is 426 g/mol. The Labute approximate surface area is 187 Å². The van der Waals surface area contributed by atoms with Gasteiger partial charge in [0.1, 0.15) is 17.1 Å². The second-order valence-corrected chi connectivity index (χ2v) is 8.03. The Balaban J connectivity index is 1.64. The normalized spacial score (nSPS) is 11.3. The van der Waals surface area contributed by atoms with Crippen LogP contribution in [0.1, 0.15) is 16.1 Å². The van der Waals surface area contributed by atoms with E-state index < -0.39 is 5.97 Å². The zero-order chi connectivity index (χ0) is 22.1. The molecule has 5 rings (SSSR count). The van der Waals surface area contributed by atoms with Crippen molar-refractivity contribution in [1.29, 1.82) is 0 Å². The molecule has 0 aliphatic carbocycles. The molecule has 0 radical (unpaired) electrons. The molecule has 0 fully saturated rings. The van der Waals surface area contributed by atoms with Gasteiger partial charge in [-0.25, -0.2) is 14.8 Å². The third-order valence-corrected chi connectivity index (χ3v) is 5.84. The summed E-state index contributed by atoms with van der Waals surface area (Å²) < 4.78 is 18.3. The quantitative estimate of drug-likeness (QED) is 0.184. The van der Waals surface area contributed by atoms with E-state index >= 15 is 0 Å². The Kier molecular flexibility index (Phi) is 5.28. The van der Waals surface area contributed by atoms with E-state index in [-0.39, 0.29) is 0 Å². The number of furan rings is 1. The number of imidazole rings is 1. The summed E-state index contributed by atoms with van der Waals surface area (Å²) in [5.74, 6) is 1.86. The molecule has 0 amide bonds. The van der Waals surface area contributed by atoms with E-state index in [1.807, 2.05) is 42.5 Å². The number of fused-ring (bicyclic) bond motifs is 2. The lowest BCUT2D eigenvalue weighted by Gasteiger charge is -2.08. The fourth-order valence-electron chi connectivity index (χ4n) is 3.55. The molecule has 0 saturated carbocycles. The van der Waals surface area contributed by atoms with Crippen LogP contribution in [-0.4, -0.2) is 33.4 Å². The average Bonchev–Trinajstić information content (AvgIpc) is 3.55. The maximum atomic E-state index is 12.0. The fraction of sp³-hybridized carbons (Fsp3) is 0.125. The SMILES string of the molecule is C=CCSc1nc2cc(-c3nc4cc(C(=O)OC)ccc4n3Cc3ccco3)ccc2o1. The average molecular weight is 446 g/mol. The predicted octanol–water partition coefficient (Wildman–Crippen LogP) is 5.55. The van der Waals surface area contributed by atoms with Crippen LogP contribution in [0.3, 0.4) is 0 Å². The first-order valence-electron chi connectivity index (χ1n) is 9.92. The summed E-state index contributed by atoms with van der Waals surface area (Å²) >= 11 is 1.49. The Morgan fingerprint density at radius 1 is 1.19 bits per heavy atom. The van der Waals surface area contributed by atoms with Crippen molar-refractivity contribution in [1.82, 2.24) is 14.5 Å². The van der Waals surface area contributed by atoms with E-state index in [9.17, 15) is 4.79 Å². The highest BCUT2D eigenvalue weighted by atomic mass is 32.2. The maximum absolute atomic E-state index is 12.0. The molecule has 0 spiro atoms.